The van der Waals surface area contributed by atoms with Gasteiger partial charge in [-0.3, -0.25) is 4.79 Å². The van der Waals surface area contributed by atoms with Gasteiger partial charge in [0, 0.05) is 5.69 Å². The number of carbonyl (C=O) groups is 2. The summed E-state index contributed by atoms with van der Waals surface area (Å²) >= 11 is 0. The molecule has 0 aliphatic carbocycles. The van der Waals surface area contributed by atoms with Crippen molar-refractivity contribution in [3.63, 3.8) is 0 Å². The smallest absolute Gasteiger partial charge is 0.387 e. The van der Waals surface area contributed by atoms with Gasteiger partial charge in [0.1, 0.15) is 12.1 Å². The molecule has 30 heavy (non-hydrogen) atoms. The lowest BCUT2D eigenvalue weighted by Crippen LogP contribution is -2.14. The van der Waals surface area contributed by atoms with Crippen LogP contribution in [0.5, 0.6) is 5.75 Å². The molecule has 0 spiro atoms. The van der Waals surface area contributed by atoms with Crippen molar-refractivity contribution in [2.75, 3.05) is 11.9 Å². The van der Waals surface area contributed by atoms with Crippen molar-refractivity contribution in [1.82, 2.24) is 14.8 Å². The molecule has 1 heterocycles. The third kappa shape index (κ3) is 5.37. The Morgan fingerprint density at radius 1 is 1.10 bits per heavy atom. The fraction of sp³-hybridized carbons (Fsp3) is 0.200. The maximum atomic E-state index is 12.3. The van der Waals surface area contributed by atoms with Crippen molar-refractivity contribution in [3.05, 3.63) is 66.2 Å². The minimum absolute atomic E-state index is 0.00820. The van der Waals surface area contributed by atoms with Gasteiger partial charge in [0.05, 0.1) is 17.9 Å². The molecule has 0 saturated heterocycles. The summed E-state index contributed by atoms with van der Waals surface area (Å²) in [7, 11) is 0. The molecule has 0 aliphatic rings. The molecule has 1 amide bonds. The Hall–Kier alpha value is -3.82. The third-order valence-electron chi connectivity index (χ3n) is 3.84. The lowest BCUT2D eigenvalue weighted by atomic mass is 10.2. The van der Waals surface area contributed by atoms with E-state index < -0.39 is 18.5 Å². The van der Waals surface area contributed by atoms with Crippen LogP contribution in [0.2, 0.25) is 0 Å². The van der Waals surface area contributed by atoms with Crippen molar-refractivity contribution < 1.29 is 27.8 Å². The second kappa shape index (κ2) is 9.59. The van der Waals surface area contributed by atoms with Crippen molar-refractivity contribution in [2.45, 2.75) is 20.0 Å². The van der Waals surface area contributed by atoms with E-state index in [9.17, 15) is 18.4 Å². The highest BCUT2D eigenvalue weighted by atomic mass is 19.3. The molecule has 10 heteroatoms. The van der Waals surface area contributed by atoms with E-state index in [1.54, 1.807) is 24.3 Å². The average molecular weight is 416 g/mol. The number of ether oxygens (including phenoxy) is 2. The van der Waals surface area contributed by atoms with Gasteiger partial charge in [0.2, 0.25) is 5.82 Å². The molecule has 0 fully saturated rings. The number of esters is 1. The van der Waals surface area contributed by atoms with Crippen LogP contribution in [0.25, 0.3) is 5.69 Å². The number of carbonyl (C=O) groups excluding carboxylic acids is 2. The number of alkyl halides is 2. The fourth-order valence-electron chi connectivity index (χ4n) is 2.43. The highest BCUT2D eigenvalue weighted by Crippen LogP contribution is 2.17. The maximum Gasteiger partial charge on any atom is 0.387 e. The topological polar surface area (TPSA) is 95.3 Å². The number of hydrogen-bond acceptors (Lipinski definition) is 6. The zero-order valence-corrected chi connectivity index (χ0v) is 15.9. The van der Waals surface area contributed by atoms with Crippen LogP contribution in [0.1, 0.15) is 34.3 Å². The molecule has 0 atom stereocenters. The molecule has 0 aliphatic heterocycles. The Morgan fingerprint density at radius 2 is 1.80 bits per heavy atom. The van der Waals surface area contributed by atoms with Gasteiger partial charge < -0.3 is 14.8 Å². The van der Waals surface area contributed by atoms with Gasteiger partial charge in [-0.05, 0) is 55.0 Å². The predicted molar refractivity (Wildman–Crippen MR) is 103 cm³/mol. The van der Waals surface area contributed by atoms with Gasteiger partial charge in [-0.2, -0.15) is 8.78 Å². The second-order valence-electron chi connectivity index (χ2n) is 6.05. The van der Waals surface area contributed by atoms with Crippen LogP contribution >= 0.6 is 0 Å². The Kier molecular flexibility index (Phi) is 6.68. The summed E-state index contributed by atoms with van der Waals surface area (Å²) in [6.07, 6.45) is 2.05. The summed E-state index contributed by atoms with van der Waals surface area (Å²) < 4.78 is 35.1. The van der Waals surface area contributed by atoms with Gasteiger partial charge in [-0.25, -0.2) is 14.5 Å². The molecule has 3 rings (SSSR count). The van der Waals surface area contributed by atoms with E-state index in [0.29, 0.717) is 23.5 Å². The molecule has 1 aromatic heterocycles. The molecule has 3 aromatic rings. The van der Waals surface area contributed by atoms with Gasteiger partial charge in [-0.15, -0.1) is 5.10 Å². The number of benzene rings is 2. The molecule has 0 radical (unpaired) electrons. The number of rotatable bonds is 8. The number of amides is 1. The van der Waals surface area contributed by atoms with Crippen molar-refractivity contribution in [1.29, 1.82) is 0 Å². The molecule has 0 unspecified atom stereocenters. The Balaban J connectivity index is 1.63. The first-order valence-electron chi connectivity index (χ1n) is 9.01. The number of aromatic nitrogens is 3. The normalized spacial score (nSPS) is 10.7. The standard InChI is InChI=1S/C20H18F2N4O4/c1-2-11-29-19(28)13-3-5-14(6-4-13)24-18(27)17-23-12-26(25-17)15-7-9-16(10-8-15)30-20(21)22/h3-10,12,20H,2,11H2,1H3,(H,24,27). The lowest BCUT2D eigenvalue weighted by Gasteiger charge is -2.06. The Labute approximate surface area is 170 Å². The van der Waals surface area contributed by atoms with Crippen LogP contribution in [0, 0.1) is 0 Å². The van der Waals surface area contributed by atoms with E-state index in [1.807, 2.05) is 6.92 Å². The van der Waals surface area contributed by atoms with Gasteiger partial charge in [0.25, 0.3) is 5.91 Å². The monoisotopic (exact) mass is 416 g/mol. The van der Waals surface area contributed by atoms with Crippen molar-refractivity contribution in [2.24, 2.45) is 0 Å². The summed E-state index contributed by atoms with van der Waals surface area (Å²) in [6.45, 7) is -0.667. The van der Waals surface area contributed by atoms with Crippen LogP contribution in [-0.4, -0.2) is 39.9 Å². The summed E-state index contributed by atoms with van der Waals surface area (Å²) in [5, 5.41) is 6.71. The first kappa shape index (κ1) is 20.9. The van der Waals surface area contributed by atoms with Crippen molar-refractivity contribution >= 4 is 17.6 Å². The van der Waals surface area contributed by atoms with Crippen LogP contribution in [-0.2, 0) is 4.74 Å². The Bertz CT molecular complexity index is 1000. The lowest BCUT2D eigenvalue weighted by molar-refractivity contribution is -0.0498. The Morgan fingerprint density at radius 3 is 2.43 bits per heavy atom. The summed E-state index contributed by atoms with van der Waals surface area (Å²) in [5.74, 6) is -1.06. The van der Waals surface area contributed by atoms with E-state index in [0.717, 1.165) is 6.42 Å². The highest BCUT2D eigenvalue weighted by Gasteiger charge is 2.14. The molecular formula is C20H18F2N4O4. The fourth-order valence-corrected chi connectivity index (χ4v) is 2.43. The van der Waals surface area contributed by atoms with E-state index >= 15 is 0 Å². The van der Waals surface area contributed by atoms with Gasteiger partial charge in [0.15, 0.2) is 0 Å². The summed E-state index contributed by atoms with van der Waals surface area (Å²) in [6, 6.07) is 11.9. The minimum Gasteiger partial charge on any atom is -0.462 e. The summed E-state index contributed by atoms with van der Waals surface area (Å²) in [5.41, 5.74) is 1.35. The van der Waals surface area contributed by atoms with Crippen LogP contribution < -0.4 is 10.1 Å². The SMILES string of the molecule is CCCOC(=O)c1ccc(NC(=O)c2ncn(-c3ccc(OC(F)F)cc3)n2)cc1. The van der Waals surface area contributed by atoms with E-state index in [2.05, 4.69) is 20.1 Å². The van der Waals surface area contributed by atoms with E-state index in [4.69, 9.17) is 4.74 Å². The second-order valence-corrected chi connectivity index (χ2v) is 6.05. The predicted octanol–water partition coefficient (Wildman–Crippen LogP) is 3.69. The maximum absolute atomic E-state index is 12.3. The minimum atomic E-state index is -2.91. The molecular weight excluding hydrogens is 398 g/mol. The van der Waals surface area contributed by atoms with Crippen LogP contribution in [0.15, 0.2) is 54.9 Å². The van der Waals surface area contributed by atoms with Crippen LogP contribution in [0.4, 0.5) is 14.5 Å². The number of halogens is 2. The molecule has 0 bridgehead atoms. The number of hydrogen-bond donors (Lipinski definition) is 1. The first-order valence-corrected chi connectivity index (χ1v) is 9.01. The molecule has 0 saturated carbocycles. The molecule has 2 aromatic carbocycles. The van der Waals surface area contributed by atoms with E-state index in [1.165, 1.54) is 35.3 Å². The average Bonchev–Trinajstić information content (AvgIpc) is 3.23. The van der Waals surface area contributed by atoms with Crippen molar-refractivity contribution in [3.8, 4) is 11.4 Å². The van der Waals surface area contributed by atoms with E-state index in [-0.39, 0.29) is 11.6 Å². The summed E-state index contributed by atoms with van der Waals surface area (Å²) in [4.78, 5) is 28.1. The molecule has 8 nitrogen and oxygen atoms in total. The molecule has 1 N–H and O–H groups in total. The zero-order valence-electron chi connectivity index (χ0n) is 15.9. The quantitative estimate of drug-likeness (QED) is 0.563. The number of anilines is 1. The van der Waals surface area contributed by atoms with Gasteiger partial charge in [-0.1, -0.05) is 6.92 Å². The molecule has 156 valence electrons. The first-order chi connectivity index (χ1) is 14.5. The van der Waals surface area contributed by atoms with Crippen LogP contribution in [0.3, 0.4) is 0 Å². The van der Waals surface area contributed by atoms with Gasteiger partial charge >= 0.3 is 12.6 Å². The largest absolute Gasteiger partial charge is 0.462 e. The zero-order chi connectivity index (χ0) is 21.5. The third-order valence-corrected chi connectivity index (χ3v) is 3.84. The highest BCUT2D eigenvalue weighted by molar-refractivity contribution is 6.01. The number of nitrogens with one attached hydrogen (secondary N) is 1. The number of nitrogens with zero attached hydrogens (tertiary/aromatic N) is 3.